The van der Waals surface area contributed by atoms with Crippen molar-refractivity contribution in [3.63, 3.8) is 0 Å². The predicted molar refractivity (Wildman–Crippen MR) is 126 cm³/mol. The summed E-state index contributed by atoms with van der Waals surface area (Å²) >= 11 is 1.36. The number of hydrazone groups is 1. The van der Waals surface area contributed by atoms with Crippen molar-refractivity contribution in [2.75, 3.05) is 11.2 Å². The first kappa shape index (κ1) is 22.0. The standard InChI is InChI=1S/C22H19N7O3S/c1-15-7-12-21(30)19(13-15)20(24-23-16-8-10-18(11-9-16)29(31)32)14-33-22-25-26-27-28(22)17-5-3-2-4-6-17/h2-13,23,30H,14H2,1H3/b24-20-. The lowest BCUT2D eigenvalue weighted by Crippen LogP contribution is -2.10. The molecule has 0 fully saturated rings. The Kier molecular flexibility index (Phi) is 6.60. The van der Waals surface area contributed by atoms with E-state index in [9.17, 15) is 15.2 Å². The number of nitro benzene ring substituents is 1. The summed E-state index contributed by atoms with van der Waals surface area (Å²) in [7, 11) is 0. The van der Waals surface area contributed by atoms with Gasteiger partial charge < -0.3 is 5.11 Å². The summed E-state index contributed by atoms with van der Waals surface area (Å²) in [6.07, 6.45) is 0. The lowest BCUT2D eigenvalue weighted by molar-refractivity contribution is -0.384. The van der Waals surface area contributed by atoms with Gasteiger partial charge in [0.25, 0.3) is 5.69 Å². The zero-order valence-electron chi connectivity index (χ0n) is 17.5. The lowest BCUT2D eigenvalue weighted by atomic mass is 10.1. The lowest BCUT2D eigenvalue weighted by Gasteiger charge is -2.11. The molecule has 0 saturated heterocycles. The number of aryl methyl sites for hydroxylation is 1. The third-order valence-electron chi connectivity index (χ3n) is 4.64. The molecule has 0 unspecified atom stereocenters. The van der Waals surface area contributed by atoms with Crippen molar-refractivity contribution in [2.24, 2.45) is 5.10 Å². The van der Waals surface area contributed by atoms with Gasteiger partial charge in [0.2, 0.25) is 5.16 Å². The van der Waals surface area contributed by atoms with Crippen LogP contribution in [-0.4, -0.2) is 41.7 Å². The number of rotatable bonds is 8. The maximum Gasteiger partial charge on any atom is 0.269 e. The van der Waals surface area contributed by atoms with Gasteiger partial charge in [0.1, 0.15) is 5.75 Å². The summed E-state index contributed by atoms with van der Waals surface area (Å²) in [5.74, 6) is 0.442. The number of nitrogens with zero attached hydrogens (tertiary/aromatic N) is 6. The number of benzene rings is 3. The molecule has 11 heteroatoms. The van der Waals surface area contributed by atoms with Crippen LogP contribution >= 0.6 is 11.8 Å². The smallest absolute Gasteiger partial charge is 0.269 e. The second-order valence-electron chi connectivity index (χ2n) is 6.99. The molecule has 1 heterocycles. The fourth-order valence-electron chi connectivity index (χ4n) is 2.97. The number of hydrogen-bond acceptors (Lipinski definition) is 9. The van der Waals surface area contributed by atoms with E-state index >= 15 is 0 Å². The van der Waals surface area contributed by atoms with Crippen LogP contribution in [0.2, 0.25) is 0 Å². The molecular weight excluding hydrogens is 442 g/mol. The minimum Gasteiger partial charge on any atom is -0.507 e. The summed E-state index contributed by atoms with van der Waals surface area (Å²) in [5, 5.41) is 38.3. The molecule has 0 amide bonds. The number of para-hydroxylation sites is 1. The summed E-state index contributed by atoms with van der Waals surface area (Å²) in [6.45, 7) is 1.92. The van der Waals surface area contributed by atoms with Crippen molar-refractivity contribution in [1.82, 2.24) is 20.2 Å². The zero-order chi connectivity index (χ0) is 23.2. The fourth-order valence-corrected chi connectivity index (χ4v) is 3.82. The van der Waals surface area contributed by atoms with Crippen molar-refractivity contribution in [1.29, 1.82) is 0 Å². The second kappa shape index (κ2) is 9.92. The van der Waals surface area contributed by atoms with Crippen molar-refractivity contribution < 1.29 is 10.0 Å². The van der Waals surface area contributed by atoms with Crippen LogP contribution in [0.5, 0.6) is 5.75 Å². The molecule has 2 N–H and O–H groups in total. The van der Waals surface area contributed by atoms with Crippen LogP contribution in [0.15, 0.2) is 83.1 Å². The van der Waals surface area contributed by atoms with E-state index in [1.807, 2.05) is 49.4 Å². The number of aromatic nitrogens is 4. The molecule has 4 rings (SSSR count). The molecular formula is C22H19N7O3S. The van der Waals surface area contributed by atoms with Gasteiger partial charge in [-0.1, -0.05) is 41.6 Å². The van der Waals surface area contributed by atoms with Crippen molar-refractivity contribution >= 4 is 28.8 Å². The molecule has 0 bridgehead atoms. The largest absolute Gasteiger partial charge is 0.507 e. The van der Waals surface area contributed by atoms with Crippen molar-refractivity contribution in [3.05, 3.63) is 94.0 Å². The molecule has 166 valence electrons. The highest BCUT2D eigenvalue weighted by Gasteiger charge is 2.15. The van der Waals surface area contributed by atoms with E-state index in [1.165, 1.54) is 23.9 Å². The van der Waals surface area contributed by atoms with E-state index in [0.717, 1.165) is 11.3 Å². The topological polar surface area (TPSA) is 131 Å². The van der Waals surface area contributed by atoms with E-state index in [2.05, 4.69) is 26.1 Å². The third kappa shape index (κ3) is 5.33. The number of tetrazole rings is 1. The molecule has 4 aromatic rings. The van der Waals surface area contributed by atoms with Crippen LogP contribution in [0.4, 0.5) is 11.4 Å². The number of anilines is 1. The number of aromatic hydroxyl groups is 1. The maximum absolute atomic E-state index is 10.9. The Hall–Kier alpha value is -4.25. The van der Waals surface area contributed by atoms with E-state index in [1.54, 1.807) is 22.9 Å². The molecule has 3 aromatic carbocycles. The van der Waals surface area contributed by atoms with Crippen LogP contribution in [0.1, 0.15) is 11.1 Å². The Morgan fingerprint density at radius 1 is 1.15 bits per heavy atom. The molecule has 0 radical (unpaired) electrons. The first-order chi connectivity index (χ1) is 16.0. The first-order valence-electron chi connectivity index (χ1n) is 9.85. The quantitative estimate of drug-likeness (QED) is 0.173. The predicted octanol–water partition coefficient (Wildman–Crippen LogP) is 4.19. The molecule has 0 aliphatic carbocycles. The van der Waals surface area contributed by atoms with Gasteiger partial charge in [0.05, 0.1) is 22.0 Å². The normalized spacial score (nSPS) is 11.4. The van der Waals surface area contributed by atoms with E-state index in [0.29, 0.717) is 27.9 Å². The van der Waals surface area contributed by atoms with Crippen LogP contribution < -0.4 is 5.43 Å². The van der Waals surface area contributed by atoms with Gasteiger partial charge in [-0.15, -0.1) is 5.10 Å². The highest BCUT2D eigenvalue weighted by molar-refractivity contribution is 7.99. The molecule has 0 saturated carbocycles. The average molecular weight is 462 g/mol. The maximum atomic E-state index is 10.9. The van der Waals surface area contributed by atoms with Crippen LogP contribution in [0.3, 0.4) is 0 Å². The van der Waals surface area contributed by atoms with Crippen molar-refractivity contribution in [3.8, 4) is 11.4 Å². The number of phenols is 1. The minimum atomic E-state index is -0.461. The number of hydrogen-bond donors (Lipinski definition) is 2. The number of non-ortho nitro benzene ring substituents is 1. The van der Waals surface area contributed by atoms with Gasteiger partial charge in [0, 0.05) is 23.4 Å². The molecule has 0 atom stereocenters. The van der Waals surface area contributed by atoms with E-state index < -0.39 is 4.92 Å². The molecule has 1 aromatic heterocycles. The SMILES string of the molecule is Cc1ccc(O)c(/C(CSc2nnnn2-c2ccccc2)=N\Nc2ccc([N+](=O)[O-])cc2)c1. The molecule has 33 heavy (non-hydrogen) atoms. The Bertz CT molecular complexity index is 1290. The van der Waals surface area contributed by atoms with Gasteiger partial charge in [-0.25, -0.2) is 0 Å². The Balaban J connectivity index is 1.60. The zero-order valence-corrected chi connectivity index (χ0v) is 18.3. The number of thioether (sulfide) groups is 1. The van der Waals surface area contributed by atoms with Crippen LogP contribution in [0.25, 0.3) is 5.69 Å². The Labute approximate surface area is 193 Å². The highest BCUT2D eigenvalue weighted by atomic mass is 32.2. The number of nitrogens with one attached hydrogen (secondary N) is 1. The summed E-state index contributed by atoms with van der Waals surface area (Å²) < 4.78 is 1.63. The molecule has 10 nitrogen and oxygen atoms in total. The Morgan fingerprint density at radius 2 is 1.91 bits per heavy atom. The Morgan fingerprint density at radius 3 is 2.64 bits per heavy atom. The molecule has 0 aliphatic rings. The number of phenolic OH excluding ortho intramolecular Hbond substituents is 1. The second-order valence-corrected chi connectivity index (χ2v) is 7.93. The van der Waals surface area contributed by atoms with Gasteiger partial charge >= 0.3 is 0 Å². The number of nitro groups is 1. The van der Waals surface area contributed by atoms with Crippen LogP contribution in [0, 0.1) is 17.0 Å². The van der Waals surface area contributed by atoms with Gasteiger partial charge in [-0.2, -0.15) is 9.78 Å². The minimum absolute atomic E-state index is 0.00983. The first-order valence-corrected chi connectivity index (χ1v) is 10.8. The van der Waals surface area contributed by atoms with Gasteiger partial charge in [-0.05, 0) is 53.7 Å². The van der Waals surface area contributed by atoms with Gasteiger partial charge in [0.15, 0.2) is 0 Å². The third-order valence-corrected chi connectivity index (χ3v) is 5.57. The van der Waals surface area contributed by atoms with E-state index in [4.69, 9.17) is 0 Å². The molecule has 0 aliphatic heterocycles. The van der Waals surface area contributed by atoms with E-state index in [-0.39, 0.29) is 11.4 Å². The summed E-state index contributed by atoms with van der Waals surface area (Å²) in [4.78, 5) is 10.4. The van der Waals surface area contributed by atoms with Crippen molar-refractivity contribution in [2.45, 2.75) is 12.1 Å². The summed E-state index contributed by atoms with van der Waals surface area (Å²) in [5.41, 5.74) is 6.39. The highest BCUT2D eigenvalue weighted by Crippen LogP contribution is 2.25. The fraction of sp³-hybridized carbons (Fsp3) is 0.0909. The average Bonchev–Trinajstić information content (AvgIpc) is 3.30. The summed E-state index contributed by atoms with van der Waals surface area (Å²) in [6, 6.07) is 20.7. The van der Waals surface area contributed by atoms with Crippen LogP contribution in [-0.2, 0) is 0 Å². The van der Waals surface area contributed by atoms with Gasteiger partial charge in [-0.3, -0.25) is 15.5 Å². The molecule has 0 spiro atoms. The monoisotopic (exact) mass is 461 g/mol.